The zero-order chi connectivity index (χ0) is 23.6. The minimum Gasteiger partial charge on any atom is -0.480 e. The first-order chi connectivity index (χ1) is 16.0. The molecule has 3 aromatic rings. The van der Waals surface area contributed by atoms with Crippen molar-refractivity contribution < 1.29 is 14.7 Å². The van der Waals surface area contributed by atoms with Gasteiger partial charge in [-0.1, -0.05) is 60.4 Å². The van der Waals surface area contributed by atoms with Gasteiger partial charge in [0.1, 0.15) is 10.4 Å². The number of hydrogen-bond donors (Lipinski definition) is 3. The van der Waals surface area contributed by atoms with E-state index in [0.717, 1.165) is 21.8 Å². The van der Waals surface area contributed by atoms with Crippen LogP contribution in [-0.4, -0.2) is 44.3 Å². The lowest BCUT2D eigenvalue weighted by molar-refractivity contribution is -0.139. The van der Waals surface area contributed by atoms with Crippen molar-refractivity contribution in [3.63, 3.8) is 0 Å². The molecule has 0 aliphatic heterocycles. The number of thiocarbonyl (C=S) groups is 1. The van der Waals surface area contributed by atoms with Crippen LogP contribution in [0.5, 0.6) is 0 Å². The zero-order valence-electron chi connectivity index (χ0n) is 17.8. The molecule has 0 saturated carbocycles. The SMILES string of the molecule is CSCCC(NC(=O)c1ccc(CSC(=S)Nc2nccs2)cc1-c1ccccc1)C(=O)O. The van der Waals surface area contributed by atoms with Crippen molar-refractivity contribution in [3.8, 4) is 11.1 Å². The molecular formula is C23H23N3O3S4. The number of rotatable bonds is 10. The Balaban J connectivity index is 1.79. The van der Waals surface area contributed by atoms with Gasteiger partial charge < -0.3 is 15.7 Å². The van der Waals surface area contributed by atoms with Crippen molar-refractivity contribution in [2.45, 2.75) is 18.2 Å². The third-order valence-electron chi connectivity index (χ3n) is 4.64. The van der Waals surface area contributed by atoms with E-state index in [-0.39, 0.29) is 0 Å². The first kappa shape index (κ1) is 25.2. The largest absolute Gasteiger partial charge is 0.480 e. The summed E-state index contributed by atoms with van der Waals surface area (Å²) in [4.78, 5) is 28.8. The highest BCUT2D eigenvalue weighted by molar-refractivity contribution is 8.22. The highest BCUT2D eigenvalue weighted by Crippen LogP contribution is 2.27. The molecule has 0 radical (unpaired) electrons. The molecule has 0 spiro atoms. The van der Waals surface area contributed by atoms with Gasteiger partial charge in [-0.25, -0.2) is 9.78 Å². The molecule has 3 N–H and O–H groups in total. The number of nitrogens with one attached hydrogen (secondary N) is 2. The molecule has 1 atom stereocenters. The van der Waals surface area contributed by atoms with Crippen molar-refractivity contribution in [1.82, 2.24) is 10.3 Å². The molecule has 2 aromatic carbocycles. The van der Waals surface area contributed by atoms with Crippen LogP contribution >= 0.6 is 47.1 Å². The van der Waals surface area contributed by atoms with E-state index in [1.807, 2.05) is 54.1 Å². The van der Waals surface area contributed by atoms with Crippen LogP contribution in [0.2, 0.25) is 0 Å². The number of carboxylic acid groups (broad SMARTS) is 1. The fourth-order valence-electron chi connectivity index (χ4n) is 3.02. The van der Waals surface area contributed by atoms with E-state index in [1.54, 1.807) is 24.0 Å². The number of carbonyl (C=O) groups excluding carboxylic acids is 1. The minimum absolute atomic E-state index is 0.362. The number of thioether (sulfide) groups is 2. The second-order valence-corrected chi connectivity index (χ2v) is 10.5. The summed E-state index contributed by atoms with van der Waals surface area (Å²) >= 11 is 9.90. The molecule has 0 aliphatic carbocycles. The van der Waals surface area contributed by atoms with E-state index in [1.165, 1.54) is 23.1 Å². The number of thiazole rings is 1. The summed E-state index contributed by atoms with van der Waals surface area (Å²) in [5.74, 6) is -0.173. The zero-order valence-corrected chi connectivity index (χ0v) is 21.1. The van der Waals surface area contributed by atoms with Gasteiger partial charge in [0, 0.05) is 22.9 Å². The molecular weight excluding hydrogens is 495 g/mol. The highest BCUT2D eigenvalue weighted by atomic mass is 32.2. The molecule has 1 heterocycles. The number of carbonyl (C=O) groups is 2. The number of aromatic nitrogens is 1. The van der Waals surface area contributed by atoms with Crippen molar-refractivity contribution in [2.24, 2.45) is 0 Å². The monoisotopic (exact) mass is 517 g/mol. The minimum atomic E-state index is -1.03. The third-order valence-corrected chi connectivity index (χ3v) is 7.27. The van der Waals surface area contributed by atoms with Crippen molar-refractivity contribution >= 4 is 68.4 Å². The smallest absolute Gasteiger partial charge is 0.326 e. The van der Waals surface area contributed by atoms with E-state index in [4.69, 9.17) is 12.2 Å². The maximum atomic E-state index is 13.0. The Morgan fingerprint density at radius 3 is 2.67 bits per heavy atom. The number of anilines is 1. The van der Waals surface area contributed by atoms with Crippen LogP contribution in [0.15, 0.2) is 60.1 Å². The first-order valence-corrected chi connectivity index (χ1v) is 13.7. The average Bonchev–Trinajstić information content (AvgIpc) is 3.33. The molecule has 172 valence electrons. The maximum Gasteiger partial charge on any atom is 0.326 e. The van der Waals surface area contributed by atoms with Gasteiger partial charge in [0.2, 0.25) is 0 Å². The van der Waals surface area contributed by atoms with Gasteiger partial charge >= 0.3 is 5.97 Å². The predicted molar refractivity (Wildman–Crippen MR) is 143 cm³/mol. The van der Waals surface area contributed by atoms with Crippen LogP contribution in [0.3, 0.4) is 0 Å². The van der Waals surface area contributed by atoms with Gasteiger partial charge in [0.15, 0.2) is 5.13 Å². The van der Waals surface area contributed by atoms with E-state index >= 15 is 0 Å². The predicted octanol–water partition coefficient (Wildman–Crippen LogP) is 5.38. The maximum absolute atomic E-state index is 13.0. The number of aliphatic carboxylic acids is 1. The molecule has 0 fully saturated rings. The molecule has 0 saturated heterocycles. The molecule has 1 unspecified atom stereocenters. The molecule has 0 bridgehead atoms. The quantitative estimate of drug-likeness (QED) is 0.309. The molecule has 33 heavy (non-hydrogen) atoms. The Morgan fingerprint density at radius 1 is 1.21 bits per heavy atom. The molecule has 1 aromatic heterocycles. The second-order valence-electron chi connectivity index (χ2n) is 6.93. The van der Waals surface area contributed by atoms with Gasteiger partial charge in [0.05, 0.1) is 0 Å². The number of benzene rings is 2. The van der Waals surface area contributed by atoms with Crippen molar-refractivity contribution in [2.75, 3.05) is 17.3 Å². The van der Waals surface area contributed by atoms with E-state index < -0.39 is 17.9 Å². The molecule has 0 aliphatic rings. The van der Waals surface area contributed by atoms with Crippen LogP contribution in [0.4, 0.5) is 5.13 Å². The lowest BCUT2D eigenvalue weighted by Gasteiger charge is -2.17. The third kappa shape index (κ3) is 7.56. The fraction of sp³-hybridized carbons (Fsp3) is 0.217. The van der Waals surface area contributed by atoms with Crippen molar-refractivity contribution in [3.05, 3.63) is 71.2 Å². The lowest BCUT2D eigenvalue weighted by Crippen LogP contribution is -2.41. The Labute approximate surface area is 210 Å². The molecule has 10 heteroatoms. The summed E-state index contributed by atoms with van der Waals surface area (Å²) in [7, 11) is 0. The Hall–Kier alpha value is -2.40. The van der Waals surface area contributed by atoms with Crippen LogP contribution in [-0.2, 0) is 10.5 Å². The van der Waals surface area contributed by atoms with E-state index in [9.17, 15) is 14.7 Å². The van der Waals surface area contributed by atoms with E-state index in [2.05, 4.69) is 15.6 Å². The van der Waals surface area contributed by atoms with E-state index in [0.29, 0.717) is 27.8 Å². The highest BCUT2D eigenvalue weighted by Gasteiger charge is 2.22. The summed E-state index contributed by atoms with van der Waals surface area (Å²) < 4.78 is 0.617. The van der Waals surface area contributed by atoms with Crippen LogP contribution < -0.4 is 10.6 Å². The normalized spacial score (nSPS) is 11.5. The molecule has 1 amide bonds. The summed E-state index contributed by atoms with van der Waals surface area (Å²) in [5.41, 5.74) is 3.07. The van der Waals surface area contributed by atoms with Gasteiger partial charge in [-0.3, -0.25) is 4.79 Å². The number of amides is 1. The summed E-state index contributed by atoms with van der Waals surface area (Å²) in [6.45, 7) is 0. The van der Waals surface area contributed by atoms with Crippen molar-refractivity contribution in [1.29, 1.82) is 0 Å². The summed E-state index contributed by atoms with van der Waals surface area (Å²) in [6, 6.07) is 14.2. The molecule has 6 nitrogen and oxygen atoms in total. The van der Waals surface area contributed by atoms with Crippen LogP contribution in [0, 0.1) is 0 Å². The Bertz CT molecular complexity index is 1090. The van der Waals surface area contributed by atoms with Gasteiger partial charge in [-0.05, 0) is 47.3 Å². The van der Waals surface area contributed by atoms with Crippen LogP contribution in [0.1, 0.15) is 22.3 Å². The van der Waals surface area contributed by atoms with Gasteiger partial charge in [-0.15, -0.1) is 11.3 Å². The second kappa shape index (κ2) is 12.7. The topological polar surface area (TPSA) is 91.3 Å². The number of carboxylic acids is 1. The number of nitrogens with zero attached hydrogens (tertiary/aromatic N) is 1. The first-order valence-electron chi connectivity index (χ1n) is 10.0. The van der Waals surface area contributed by atoms with Gasteiger partial charge in [-0.2, -0.15) is 11.8 Å². The lowest BCUT2D eigenvalue weighted by atomic mass is 9.97. The Kier molecular flexibility index (Phi) is 9.74. The standard InChI is InChI=1S/C23H23N3O3S4/c1-31-11-9-19(21(28)29)25-20(27)17-8-7-15(13-18(17)16-5-3-2-4-6-16)14-33-23(30)26-22-24-10-12-32-22/h2-8,10,12-13,19H,9,11,14H2,1H3,(H,25,27)(H,28,29)(H,24,26,30). The summed E-state index contributed by atoms with van der Waals surface area (Å²) in [5, 5.41) is 17.9. The van der Waals surface area contributed by atoms with Crippen LogP contribution in [0.25, 0.3) is 11.1 Å². The van der Waals surface area contributed by atoms with Gasteiger partial charge in [0.25, 0.3) is 5.91 Å². The molecule has 3 rings (SSSR count). The Morgan fingerprint density at radius 2 is 2.00 bits per heavy atom. The summed E-state index contributed by atoms with van der Waals surface area (Å²) in [6.07, 6.45) is 3.98. The fourth-order valence-corrected chi connectivity index (χ4v) is 5.08. The average molecular weight is 518 g/mol. The number of hydrogen-bond acceptors (Lipinski definition) is 7.